The molecule has 5 rings (SSSR count). The summed E-state index contributed by atoms with van der Waals surface area (Å²) in [5.74, 6) is -0.525. The number of hydrogen-bond donors (Lipinski definition) is 0. The van der Waals surface area contributed by atoms with Gasteiger partial charge < -0.3 is 14.4 Å². The first-order chi connectivity index (χ1) is 15.3. The maximum Gasteiger partial charge on any atom is 0.210 e. The van der Waals surface area contributed by atoms with E-state index in [1.807, 2.05) is 45.0 Å². The number of pyridine rings is 1. The van der Waals surface area contributed by atoms with Crippen LogP contribution in [0.1, 0.15) is 29.5 Å². The van der Waals surface area contributed by atoms with E-state index in [2.05, 4.69) is 9.88 Å². The second-order valence-corrected chi connectivity index (χ2v) is 10.8. The second-order valence-electron chi connectivity index (χ2n) is 8.84. The Bertz CT molecular complexity index is 1290. The van der Waals surface area contributed by atoms with Crippen molar-refractivity contribution in [2.75, 3.05) is 31.2 Å². The van der Waals surface area contributed by atoms with E-state index in [0.29, 0.717) is 44.0 Å². The van der Waals surface area contributed by atoms with Gasteiger partial charge in [-0.15, -0.1) is 0 Å². The molecule has 0 amide bonds. The Morgan fingerprint density at radius 1 is 0.938 bits per heavy atom. The van der Waals surface area contributed by atoms with Gasteiger partial charge >= 0.3 is 0 Å². The predicted octanol–water partition coefficient (Wildman–Crippen LogP) is 4.34. The van der Waals surface area contributed by atoms with Gasteiger partial charge in [0.2, 0.25) is 9.84 Å². The fraction of sp³-hybridized carbons (Fsp3) is 0.400. The highest BCUT2D eigenvalue weighted by molar-refractivity contribution is 7.91. The first kappa shape index (κ1) is 21.4. The van der Waals surface area contributed by atoms with Crippen molar-refractivity contribution in [1.29, 1.82) is 0 Å². The monoisotopic (exact) mass is 452 g/mol. The zero-order valence-corrected chi connectivity index (χ0v) is 19.5. The molecule has 2 aliphatic heterocycles. The highest BCUT2D eigenvalue weighted by atomic mass is 32.2. The average molecular weight is 453 g/mol. The number of nitrogens with zero attached hydrogens (tertiary/aromatic N) is 2. The van der Waals surface area contributed by atoms with E-state index in [0.717, 1.165) is 33.3 Å². The number of benzene rings is 2. The molecular formula is C25H28N2O4S. The molecule has 2 aromatic carbocycles. The lowest BCUT2D eigenvalue weighted by molar-refractivity contribution is -0.169. The van der Waals surface area contributed by atoms with Crippen LogP contribution >= 0.6 is 0 Å². The largest absolute Gasteiger partial charge is 0.369 e. The quantitative estimate of drug-likeness (QED) is 0.589. The SMILES string of the molecule is Cc1ccc2ncc(S(=O)(=O)c3ccc(C)c(C)c3)c(N3CCC4(CC3)OCCO4)c2c1. The number of aryl methyl sites for hydroxylation is 3. The molecule has 7 heteroatoms. The molecular weight excluding hydrogens is 424 g/mol. The molecule has 168 valence electrons. The van der Waals surface area contributed by atoms with Crippen LogP contribution in [0.5, 0.6) is 0 Å². The van der Waals surface area contributed by atoms with Gasteiger partial charge in [0.05, 0.1) is 29.3 Å². The third kappa shape index (κ3) is 3.58. The maximum atomic E-state index is 13.8. The van der Waals surface area contributed by atoms with E-state index >= 15 is 0 Å². The zero-order valence-electron chi connectivity index (χ0n) is 18.7. The first-order valence-electron chi connectivity index (χ1n) is 11.0. The third-order valence-corrected chi connectivity index (χ3v) is 8.45. The van der Waals surface area contributed by atoms with Crippen molar-refractivity contribution in [2.45, 2.75) is 49.2 Å². The standard InChI is InChI=1S/C25H28N2O4S/c1-17-4-7-22-21(14-17)24(27-10-8-25(9-11-27)30-12-13-31-25)23(16-26-22)32(28,29)20-6-5-18(2)19(3)15-20/h4-7,14-16H,8-13H2,1-3H3. The summed E-state index contributed by atoms with van der Waals surface area (Å²) < 4.78 is 39.4. The van der Waals surface area contributed by atoms with Gasteiger partial charge in [-0.1, -0.05) is 17.7 Å². The molecule has 0 N–H and O–H groups in total. The number of ether oxygens (including phenoxy) is 2. The van der Waals surface area contributed by atoms with E-state index in [1.165, 1.54) is 6.20 Å². The van der Waals surface area contributed by atoms with E-state index < -0.39 is 15.6 Å². The Hall–Kier alpha value is -2.48. The minimum Gasteiger partial charge on any atom is -0.369 e. The van der Waals surface area contributed by atoms with Crippen LogP contribution in [0.3, 0.4) is 0 Å². The minimum atomic E-state index is -3.76. The number of sulfone groups is 1. The van der Waals surface area contributed by atoms with Crippen LogP contribution in [0, 0.1) is 20.8 Å². The van der Waals surface area contributed by atoms with Gasteiger partial charge in [-0.05, 0) is 56.2 Å². The average Bonchev–Trinajstić information content (AvgIpc) is 3.23. The topological polar surface area (TPSA) is 68.7 Å². The van der Waals surface area contributed by atoms with Gasteiger partial charge in [-0.25, -0.2) is 8.42 Å². The molecule has 1 spiro atoms. The Labute approximate surface area is 189 Å². The van der Waals surface area contributed by atoms with E-state index in [1.54, 1.807) is 12.1 Å². The van der Waals surface area contributed by atoms with Crippen LogP contribution in [0.4, 0.5) is 5.69 Å². The predicted molar refractivity (Wildman–Crippen MR) is 124 cm³/mol. The van der Waals surface area contributed by atoms with Gasteiger partial charge in [-0.3, -0.25) is 4.98 Å². The summed E-state index contributed by atoms with van der Waals surface area (Å²) in [5.41, 5.74) is 4.60. The van der Waals surface area contributed by atoms with Crippen molar-refractivity contribution in [3.63, 3.8) is 0 Å². The number of anilines is 1. The number of rotatable bonds is 3. The van der Waals surface area contributed by atoms with Crippen molar-refractivity contribution in [1.82, 2.24) is 4.98 Å². The van der Waals surface area contributed by atoms with Gasteiger partial charge in [0.1, 0.15) is 4.90 Å². The third-order valence-electron chi connectivity index (χ3n) is 6.69. The van der Waals surface area contributed by atoms with Crippen LogP contribution < -0.4 is 4.90 Å². The summed E-state index contributed by atoms with van der Waals surface area (Å²) >= 11 is 0. The summed E-state index contributed by atoms with van der Waals surface area (Å²) in [7, 11) is -3.76. The lowest BCUT2D eigenvalue weighted by Gasteiger charge is -2.39. The van der Waals surface area contributed by atoms with Crippen molar-refractivity contribution < 1.29 is 17.9 Å². The Kier molecular flexibility index (Phi) is 5.23. The highest BCUT2D eigenvalue weighted by Crippen LogP contribution is 2.40. The molecule has 2 fully saturated rings. The number of aromatic nitrogens is 1. The van der Waals surface area contributed by atoms with Crippen LogP contribution in [0.15, 0.2) is 52.4 Å². The Morgan fingerprint density at radius 3 is 2.34 bits per heavy atom. The van der Waals surface area contributed by atoms with Crippen LogP contribution in [-0.2, 0) is 19.3 Å². The Balaban J connectivity index is 1.65. The summed E-state index contributed by atoms with van der Waals surface area (Å²) in [5, 5.41) is 0.860. The zero-order chi connectivity index (χ0) is 22.5. The van der Waals surface area contributed by atoms with Gasteiger partial charge in [-0.2, -0.15) is 0 Å². The molecule has 0 atom stereocenters. The molecule has 0 bridgehead atoms. The van der Waals surface area contributed by atoms with Crippen molar-refractivity contribution >= 4 is 26.4 Å². The van der Waals surface area contributed by atoms with E-state index in [9.17, 15) is 8.42 Å². The smallest absolute Gasteiger partial charge is 0.210 e. The van der Waals surface area contributed by atoms with Crippen LogP contribution in [-0.4, -0.2) is 45.5 Å². The molecule has 6 nitrogen and oxygen atoms in total. The Morgan fingerprint density at radius 2 is 1.66 bits per heavy atom. The lowest BCUT2D eigenvalue weighted by atomic mass is 10.0. The normalized spacial score (nSPS) is 18.5. The van der Waals surface area contributed by atoms with E-state index in [-0.39, 0.29) is 4.90 Å². The molecule has 32 heavy (non-hydrogen) atoms. The second kappa shape index (κ2) is 7.83. The maximum absolute atomic E-state index is 13.8. The summed E-state index contributed by atoms with van der Waals surface area (Å²) in [6.07, 6.45) is 2.92. The molecule has 0 aliphatic carbocycles. The molecule has 0 radical (unpaired) electrons. The van der Waals surface area contributed by atoms with Gasteiger partial charge in [0.25, 0.3) is 0 Å². The molecule has 3 heterocycles. The molecule has 0 saturated carbocycles. The van der Waals surface area contributed by atoms with Crippen LogP contribution in [0.25, 0.3) is 10.9 Å². The molecule has 3 aromatic rings. The lowest BCUT2D eigenvalue weighted by Crippen LogP contribution is -2.45. The molecule has 2 aliphatic rings. The van der Waals surface area contributed by atoms with Crippen molar-refractivity contribution in [3.05, 3.63) is 59.3 Å². The van der Waals surface area contributed by atoms with E-state index in [4.69, 9.17) is 9.47 Å². The fourth-order valence-electron chi connectivity index (χ4n) is 4.66. The highest BCUT2D eigenvalue weighted by Gasteiger charge is 2.41. The summed E-state index contributed by atoms with van der Waals surface area (Å²) in [6, 6.07) is 11.3. The minimum absolute atomic E-state index is 0.253. The number of piperidine rings is 1. The number of fused-ring (bicyclic) bond motifs is 1. The van der Waals surface area contributed by atoms with Gasteiger partial charge in [0.15, 0.2) is 5.79 Å². The summed E-state index contributed by atoms with van der Waals surface area (Å²) in [4.78, 5) is 7.24. The molecule has 1 aromatic heterocycles. The van der Waals surface area contributed by atoms with Crippen molar-refractivity contribution in [2.24, 2.45) is 0 Å². The number of hydrogen-bond acceptors (Lipinski definition) is 6. The van der Waals surface area contributed by atoms with Crippen molar-refractivity contribution in [3.8, 4) is 0 Å². The summed E-state index contributed by atoms with van der Waals surface area (Å²) in [6.45, 7) is 8.47. The fourth-order valence-corrected chi connectivity index (χ4v) is 6.18. The van der Waals surface area contributed by atoms with Crippen LogP contribution in [0.2, 0.25) is 0 Å². The first-order valence-corrected chi connectivity index (χ1v) is 12.5. The van der Waals surface area contributed by atoms with Gasteiger partial charge in [0, 0.05) is 37.5 Å². The molecule has 2 saturated heterocycles. The molecule has 0 unspecified atom stereocenters.